The maximum absolute atomic E-state index is 12.7. The molecule has 0 heterocycles. The van der Waals surface area contributed by atoms with Gasteiger partial charge in [0.2, 0.25) is 0 Å². The molecule has 0 bridgehead atoms. The lowest BCUT2D eigenvalue weighted by Crippen LogP contribution is -2.24. The first-order valence-corrected chi connectivity index (χ1v) is 11.3. The quantitative estimate of drug-likeness (QED) is 0.180. The van der Waals surface area contributed by atoms with Gasteiger partial charge < -0.3 is 30.6 Å². The number of amidine groups is 1. The van der Waals surface area contributed by atoms with Crippen LogP contribution >= 0.6 is 11.6 Å². The first-order valence-electron chi connectivity index (χ1n) is 10.9. The maximum atomic E-state index is 12.7. The summed E-state index contributed by atoms with van der Waals surface area (Å²) in [7, 11) is 2.74. The Bertz CT molecular complexity index is 1340. The third-order valence-corrected chi connectivity index (χ3v) is 5.33. The molecular formula is C26H25ClN4O6. The molecule has 192 valence electrons. The summed E-state index contributed by atoms with van der Waals surface area (Å²) >= 11 is 6.05. The lowest BCUT2D eigenvalue weighted by atomic mass is 10.1. The van der Waals surface area contributed by atoms with E-state index in [4.69, 9.17) is 32.2 Å². The van der Waals surface area contributed by atoms with Gasteiger partial charge in [0.1, 0.15) is 17.3 Å². The second-order valence-corrected chi connectivity index (χ2v) is 8.14. The van der Waals surface area contributed by atoms with Gasteiger partial charge in [-0.3, -0.25) is 15.0 Å². The molecule has 0 aromatic heterocycles. The van der Waals surface area contributed by atoms with Crippen molar-refractivity contribution in [1.29, 1.82) is 5.41 Å². The van der Waals surface area contributed by atoms with Gasteiger partial charge in [0.25, 0.3) is 11.8 Å². The normalized spacial score (nSPS) is 10.2. The Morgan fingerprint density at radius 2 is 1.76 bits per heavy atom. The Kier molecular flexibility index (Phi) is 9.06. The zero-order valence-electron chi connectivity index (χ0n) is 20.1. The lowest BCUT2D eigenvalue weighted by molar-refractivity contribution is -0.118. The number of nitrogen functional groups attached to an aromatic ring is 1. The Balaban J connectivity index is 1.70. The van der Waals surface area contributed by atoms with Crippen molar-refractivity contribution >= 4 is 40.9 Å². The van der Waals surface area contributed by atoms with E-state index in [9.17, 15) is 14.4 Å². The molecule has 3 aromatic rings. The van der Waals surface area contributed by atoms with Gasteiger partial charge in [0, 0.05) is 33.9 Å². The molecule has 2 amide bonds. The van der Waals surface area contributed by atoms with Crippen LogP contribution in [0.2, 0.25) is 5.02 Å². The first kappa shape index (κ1) is 27.0. The molecule has 0 fully saturated rings. The number of ether oxygens (including phenoxy) is 3. The molecule has 0 aliphatic rings. The molecule has 11 heteroatoms. The Morgan fingerprint density at radius 3 is 2.46 bits per heavy atom. The summed E-state index contributed by atoms with van der Waals surface area (Å²) in [5, 5.41) is 13.5. The third kappa shape index (κ3) is 7.45. The number of hydrogen-bond donors (Lipinski definition) is 4. The highest BCUT2D eigenvalue weighted by molar-refractivity contribution is 6.31. The van der Waals surface area contributed by atoms with Crippen LogP contribution in [0.1, 0.15) is 31.8 Å². The smallest absolute Gasteiger partial charge is 0.337 e. The van der Waals surface area contributed by atoms with Crippen molar-refractivity contribution in [3.63, 3.8) is 0 Å². The molecule has 0 radical (unpaired) electrons. The number of carbonyl (C=O) groups excluding carboxylic acids is 3. The molecule has 0 aliphatic carbocycles. The van der Waals surface area contributed by atoms with Gasteiger partial charge in [-0.15, -0.1) is 0 Å². The Morgan fingerprint density at radius 1 is 0.973 bits per heavy atom. The van der Waals surface area contributed by atoms with Crippen LogP contribution in [0, 0.1) is 5.41 Å². The molecule has 3 aromatic carbocycles. The molecule has 0 saturated carbocycles. The summed E-state index contributed by atoms with van der Waals surface area (Å²) in [6.45, 7) is -0.319. The SMILES string of the molecule is COC(=O)c1cccc(NC(=O)COc2cc(C(=N)N)ccc2CNC(=O)c2cc(Cl)cc(OC)c2)c1. The van der Waals surface area contributed by atoms with Crippen LogP contribution in [0.4, 0.5) is 5.69 Å². The van der Waals surface area contributed by atoms with Crippen molar-refractivity contribution in [3.05, 3.63) is 87.9 Å². The fraction of sp³-hybridized carbons (Fsp3) is 0.154. The van der Waals surface area contributed by atoms with Crippen LogP contribution in [-0.2, 0) is 16.1 Å². The minimum Gasteiger partial charge on any atom is -0.497 e. The predicted molar refractivity (Wildman–Crippen MR) is 139 cm³/mol. The lowest BCUT2D eigenvalue weighted by Gasteiger charge is -2.14. The number of anilines is 1. The van der Waals surface area contributed by atoms with Crippen molar-refractivity contribution in [1.82, 2.24) is 5.32 Å². The van der Waals surface area contributed by atoms with Crippen molar-refractivity contribution in [2.75, 3.05) is 26.1 Å². The Labute approximate surface area is 218 Å². The number of halogens is 1. The monoisotopic (exact) mass is 524 g/mol. The van der Waals surface area contributed by atoms with Crippen LogP contribution in [0.15, 0.2) is 60.7 Å². The second kappa shape index (κ2) is 12.4. The van der Waals surface area contributed by atoms with E-state index in [1.54, 1.807) is 42.5 Å². The molecule has 0 aliphatic heterocycles. The van der Waals surface area contributed by atoms with Gasteiger partial charge in [-0.05, 0) is 42.5 Å². The number of methoxy groups -OCH3 is 2. The van der Waals surface area contributed by atoms with Gasteiger partial charge in [0.15, 0.2) is 6.61 Å². The van der Waals surface area contributed by atoms with E-state index >= 15 is 0 Å². The molecule has 5 N–H and O–H groups in total. The largest absolute Gasteiger partial charge is 0.497 e. The van der Waals surface area contributed by atoms with Crippen LogP contribution in [-0.4, -0.2) is 44.4 Å². The summed E-state index contributed by atoms with van der Waals surface area (Å²) in [4.78, 5) is 36.9. The number of esters is 1. The minimum absolute atomic E-state index is 0.0595. The fourth-order valence-electron chi connectivity index (χ4n) is 3.27. The summed E-state index contributed by atoms with van der Waals surface area (Å²) < 4.78 is 15.5. The van der Waals surface area contributed by atoms with Crippen molar-refractivity contribution in [2.45, 2.75) is 6.54 Å². The summed E-state index contributed by atoms with van der Waals surface area (Å²) in [6, 6.07) is 15.7. The molecule has 0 unspecified atom stereocenters. The molecule has 3 rings (SSSR count). The second-order valence-electron chi connectivity index (χ2n) is 7.71. The average molecular weight is 525 g/mol. The van der Waals surface area contributed by atoms with Crippen LogP contribution in [0.3, 0.4) is 0 Å². The summed E-state index contributed by atoms with van der Waals surface area (Å²) in [6.07, 6.45) is 0. The molecular weight excluding hydrogens is 500 g/mol. The van der Waals surface area contributed by atoms with E-state index < -0.39 is 17.8 Å². The van der Waals surface area contributed by atoms with Crippen LogP contribution in [0.5, 0.6) is 11.5 Å². The first-order chi connectivity index (χ1) is 17.7. The molecule has 0 spiro atoms. The van der Waals surface area contributed by atoms with Crippen LogP contribution in [0.25, 0.3) is 0 Å². The van der Waals surface area contributed by atoms with Crippen LogP contribution < -0.4 is 25.8 Å². The maximum Gasteiger partial charge on any atom is 0.337 e. The number of nitrogens with one attached hydrogen (secondary N) is 3. The number of amides is 2. The van der Waals surface area contributed by atoms with Crippen molar-refractivity contribution in [2.24, 2.45) is 5.73 Å². The highest BCUT2D eigenvalue weighted by atomic mass is 35.5. The van der Waals surface area contributed by atoms with Gasteiger partial charge in [-0.25, -0.2) is 4.79 Å². The van der Waals surface area contributed by atoms with Gasteiger partial charge in [0.05, 0.1) is 19.8 Å². The Hall–Kier alpha value is -4.57. The highest BCUT2D eigenvalue weighted by Gasteiger charge is 2.14. The van der Waals surface area contributed by atoms with Gasteiger partial charge in [-0.1, -0.05) is 29.8 Å². The zero-order chi connectivity index (χ0) is 26.9. The number of carbonyl (C=O) groups is 3. The number of rotatable bonds is 10. The summed E-state index contributed by atoms with van der Waals surface area (Å²) in [5.74, 6) is -0.903. The van der Waals surface area contributed by atoms with E-state index in [2.05, 4.69) is 15.4 Å². The van der Waals surface area contributed by atoms with E-state index in [-0.39, 0.29) is 30.3 Å². The van der Waals surface area contributed by atoms with E-state index in [0.717, 1.165) is 0 Å². The predicted octanol–water partition coefficient (Wildman–Crippen LogP) is 3.37. The van der Waals surface area contributed by atoms with Crippen molar-refractivity contribution in [3.8, 4) is 11.5 Å². The third-order valence-electron chi connectivity index (χ3n) is 5.11. The molecule has 0 atom stereocenters. The number of nitrogens with two attached hydrogens (primary N) is 1. The molecule has 37 heavy (non-hydrogen) atoms. The number of hydrogen-bond acceptors (Lipinski definition) is 7. The topological polar surface area (TPSA) is 153 Å². The summed E-state index contributed by atoms with van der Waals surface area (Å²) in [5.41, 5.74) is 7.51. The zero-order valence-corrected chi connectivity index (χ0v) is 20.8. The molecule has 10 nitrogen and oxygen atoms in total. The van der Waals surface area contributed by atoms with E-state index in [1.165, 1.54) is 32.4 Å². The molecule has 0 saturated heterocycles. The minimum atomic E-state index is -0.531. The number of benzene rings is 3. The fourth-order valence-corrected chi connectivity index (χ4v) is 3.50. The van der Waals surface area contributed by atoms with E-state index in [0.29, 0.717) is 33.1 Å². The highest BCUT2D eigenvalue weighted by Crippen LogP contribution is 2.23. The van der Waals surface area contributed by atoms with Gasteiger partial charge >= 0.3 is 5.97 Å². The average Bonchev–Trinajstić information content (AvgIpc) is 2.89. The standard InChI is InChI=1S/C26H25ClN4O6/c1-35-21-10-18(8-19(27)12-21)25(33)30-13-17-7-6-15(24(28)29)11-22(17)37-14-23(32)31-20-5-3-4-16(9-20)26(34)36-2/h3-12H,13-14H2,1-2H3,(H3,28,29)(H,30,33)(H,31,32). The van der Waals surface area contributed by atoms with Crippen molar-refractivity contribution < 1.29 is 28.6 Å². The van der Waals surface area contributed by atoms with Gasteiger partial charge in [-0.2, -0.15) is 0 Å². The van der Waals surface area contributed by atoms with E-state index in [1.807, 2.05) is 0 Å².